The van der Waals surface area contributed by atoms with Crippen molar-refractivity contribution in [2.24, 2.45) is 5.92 Å². The van der Waals surface area contributed by atoms with Gasteiger partial charge in [0.05, 0.1) is 12.7 Å². The number of hydrogen-bond donors (Lipinski definition) is 1. The molecule has 3 fully saturated rings. The van der Waals surface area contributed by atoms with E-state index < -0.39 is 10.0 Å². The van der Waals surface area contributed by atoms with Crippen LogP contribution >= 0.6 is 0 Å². The molecule has 21 heavy (non-hydrogen) atoms. The van der Waals surface area contributed by atoms with Crippen molar-refractivity contribution in [1.82, 2.24) is 19.4 Å². The molecule has 7 heteroatoms. The van der Waals surface area contributed by atoms with E-state index >= 15 is 0 Å². The predicted octanol–water partition coefficient (Wildman–Crippen LogP) is 0.808. The molecule has 0 radical (unpaired) electrons. The maximum atomic E-state index is 12.7. The summed E-state index contributed by atoms with van der Waals surface area (Å²) in [5.41, 5.74) is 0. The van der Waals surface area contributed by atoms with E-state index in [9.17, 15) is 8.42 Å². The average Bonchev–Trinajstić information content (AvgIpc) is 2.92. The number of sulfonamides is 1. The minimum Gasteiger partial charge on any atom is -0.312 e. The van der Waals surface area contributed by atoms with Crippen molar-refractivity contribution >= 4 is 10.0 Å². The number of aromatic nitrogens is 2. The quantitative estimate of drug-likeness (QED) is 0.844. The lowest BCUT2D eigenvalue weighted by Gasteiger charge is -2.25. The lowest BCUT2D eigenvalue weighted by Crippen LogP contribution is -2.37. The Hall–Kier alpha value is -0.920. The van der Waals surface area contributed by atoms with Crippen LogP contribution in [0.15, 0.2) is 17.3 Å². The number of nitrogens with one attached hydrogen (secondary N) is 1. The second-order valence-electron chi connectivity index (χ2n) is 6.58. The van der Waals surface area contributed by atoms with Crippen molar-refractivity contribution in [2.45, 2.75) is 55.6 Å². The maximum absolute atomic E-state index is 12.7. The third-order valence-corrected chi connectivity index (χ3v) is 6.80. The Kier molecular flexibility index (Phi) is 3.31. The van der Waals surface area contributed by atoms with Gasteiger partial charge in [0, 0.05) is 31.4 Å². The summed E-state index contributed by atoms with van der Waals surface area (Å²) >= 11 is 0. The molecule has 0 spiro atoms. The van der Waals surface area contributed by atoms with E-state index in [0.29, 0.717) is 23.4 Å². The zero-order valence-corrected chi connectivity index (χ0v) is 12.9. The lowest BCUT2D eigenvalue weighted by molar-refractivity contribution is 0.333. The summed E-state index contributed by atoms with van der Waals surface area (Å²) in [5, 5.41) is 7.61. The molecular formula is C14H22N4O2S. The Morgan fingerprint density at radius 2 is 2.14 bits per heavy atom. The molecule has 2 saturated carbocycles. The summed E-state index contributed by atoms with van der Waals surface area (Å²) in [6.45, 7) is 2.26. The van der Waals surface area contributed by atoms with E-state index in [1.807, 2.05) is 0 Å². The minimum absolute atomic E-state index is 0.222. The molecule has 2 bridgehead atoms. The first-order valence-corrected chi connectivity index (χ1v) is 9.34. The predicted molar refractivity (Wildman–Crippen MR) is 78.3 cm³/mol. The van der Waals surface area contributed by atoms with Gasteiger partial charge in [0.2, 0.25) is 10.0 Å². The number of fused-ring (bicyclic) bond motifs is 2. The van der Waals surface area contributed by atoms with Crippen molar-refractivity contribution in [2.75, 3.05) is 13.1 Å². The maximum Gasteiger partial charge on any atom is 0.246 e. The molecule has 2 heterocycles. The Morgan fingerprint density at radius 1 is 1.29 bits per heavy atom. The SMILES string of the molecule is O=S(=O)(c1cnn(CCNC2CC2)c1)N1CC2CCC1C2. The summed E-state index contributed by atoms with van der Waals surface area (Å²) < 4.78 is 28.8. The van der Waals surface area contributed by atoms with Crippen LogP contribution in [0.25, 0.3) is 0 Å². The highest BCUT2D eigenvalue weighted by Gasteiger charge is 2.44. The summed E-state index contributed by atoms with van der Waals surface area (Å²) in [7, 11) is -3.35. The van der Waals surface area contributed by atoms with E-state index in [4.69, 9.17) is 0 Å². The second-order valence-corrected chi connectivity index (χ2v) is 8.47. The minimum atomic E-state index is -3.35. The van der Waals surface area contributed by atoms with Gasteiger partial charge >= 0.3 is 0 Å². The fourth-order valence-electron chi connectivity index (χ4n) is 3.58. The highest BCUT2D eigenvalue weighted by molar-refractivity contribution is 7.89. The number of piperidine rings is 1. The van der Waals surface area contributed by atoms with E-state index in [1.54, 1.807) is 15.2 Å². The molecule has 0 aromatic carbocycles. The van der Waals surface area contributed by atoms with E-state index in [1.165, 1.54) is 25.5 Å². The molecule has 2 unspecified atom stereocenters. The molecule has 4 rings (SSSR count). The molecule has 1 saturated heterocycles. The standard InChI is InChI=1S/C14H22N4O2S/c19-21(20,18-9-11-1-4-13(18)7-11)14-8-16-17(10-14)6-5-15-12-2-3-12/h8,10-13,15H,1-7,9H2. The van der Waals surface area contributed by atoms with Crippen LogP contribution in [-0.4, -0.2) is 47.7 Å². The van der Waals surface area contributed by atoms with Crippen LogP contribution in [0.4, 0.5) is 0 Å². The third-order valence-electron chi connectivity index (χ3n) is 4.93. The number of nitrogens with zero attached hydrogens (tertiary/aromatic N) is 3. The first-order chi connectivity index (χ1) is 10.1. The highest BCUT2D eigenvalue weighted by Crippen LogP contribution is 2.40. The van der Waals surface area contributed by atoms with Gasteiger partial charge in [-0.2, -0.15) is 9.40 Å². The topological polar surface area (TPSA) is 67.2 Å². The number of rotatable bonds is 6. The van der Waals surface area contributed by atoms with Gasteiger partial charge in [0.15, 0.2) is 0 Å². The summed E-state index contributed by atoms with van der Waals surface area (Å²) in [6.07, 6.45) is 8.94. The van der Waals surface area contributed by atoms with Crippen LogP contribution in [0.1, 0.15) is 32.1 Å². The molecular weight excluding hydrogens is 288 g/mol. The van der Waals surface area contributed by atoms with E-state index in [0.717, 1.165) is 25.9 Å². The van der Waals surface area contributed by atoms with Crippen LogP contribution in [0.3, 0.4) is 0 Å². The van der Waals surface area contributed by atoms with Crippen molar-refractivity contribution < 1.29 is 8.42 Å². The first-order valence-electron chi connectivity index (χ1n) is 7.90. The largest absolute Gasteiger partial charge is 0.312 e. The molecule has 2 aliphatic carbocycles. The first kappa shape index (κ1) is 13.7. The third kappa shape index (κ3) is 2.62. The molecule has 1 aliphatic heterocycles. The van der Waals surface area contributed by atoms with Gasteiger partial charge in [-0.25, -0.2) is 8.42 Å². The van der Waals surface area contributed by atoms with Crippen molar-refractivity contribution in [1.29, 1.82) is 0 Å². The van der Waals surface area contributed by atoms with E-state index in [2.05, 4.69) is 10.4 Å². The van der Waals surface area contributed by atoms with Crippen LogP contribution in [0, 0.1) is 5.92 Å². The molecule has 3 aliphatic rings. The Balaban J connectivity index is 1.43. The molecule has 1 N–H and O–H groups in total. The van der Waals surface area contributed by atoms with Crippen LogP contribution in [-0.2, 0) is 16.6 Å². The normalized spacial score (nSPS) is 29.3. The Labute approximate surface area is 125 Å². The van der Waals surface area contributed by atoms with Gasteiger partial charge in [0.25, 0.3) is 0 Å². The zero-order valence-electron chi connectivity index (χ0n) is 12.1. The van der Waals surface area contributed by atoms with E-state index in [-0.39, 0.29) is 6.04 Å². The highest BCUT2D eigenvalue weighted by atomic mass is 32.2. The van der Waals surface area contributed by atoms with Gasteiger partial charge in [0.1, 0.15) is 4.90 Å². The molecule has 0 amide bonds. The van der Waals surface area contributed by atoms with Gasteiger partial charge in [-0.3, -0.25) is 4.68 Å². The molecule has 116 valence electrons. The number of hydrogen-bond acceptors (Lipinski definition) is 4. The zero-order chi connectivity index (χ0) is 14.4. The Morgan fingerprint density at radius 3 is 2.81 bits per heavy atom. The molecule has 6 nitrogen and oxygen atoms in total. The van der Waals surface area contributed by atoms with Gasteiger partial charge in [-0.05, 0) is 38.0 Å². The van der Waals surface area contributed by atoms with Crippen LogP contribution in [0.2, 0.25) is 0 Å². The van der Waals surface area contributed by atoms with Crippen LogP contribution < -0.4 is 5.32 Å². The molecule has 1 aromatic rings. The second kappa shape index (κ2) is 5.07. The summed E-state index contributed by atoms with van der Waals surface area (Å²) in [6, 6.07) is 0.892. The molecule has 1 aromatic heterocycles. The Bertz CT molecular complexity index is 623. The molecule has 2 atom stereocenters. The van der Waals surface area contributed by atoms with Crippen molar-refractivity contribution in [3.8, 4) is 0 Å². The van der Waals surface area contributed by atoms with Gasteiger partial charge in [-0.15, -0.1) is 0 Å². The summed E-state index contributed by atoms with van der Waals surface area (Å²) in [4.78, 5) is 0.349. The smallest absolute Gasteiger partial charge is 0.246 e. The monoisotopic (exact) mass is 310 g/mol. The van der Waals surface area contributed by atoms with Gasteiger partial charge in [-0.1, -0.05) is 0 Å². The lowest BCUT2D eigenvalue weighted by atomic mass is 10.1. The van der Waals surface area contributed by atoms with Crippen molar-refractivity contribution in [3.63, 3.8) is 0 Å². The van der Waals surface area contributed by atoms with Crippen LogP contribution in [0.5, 0.6) is 0 Å². The van der Waals surface area contributed by atoms with Gasteiger partial charge < -0.3 is 5.32 Å². The fourth-order valence-corrected chi connectivity index (χ4v) is 5.28. The average molecular weight is 310 g/mol. The van der Waals surface area contributed by atoms with Crippen molar-refractivity contribution in [3.05, 3.63) is 12.4 Å². The fraction of sp³-hybridized carbons (Fsp3) is 0.786. The summed E-state index contributed by atoms with van der Waals surface area (Å²) in [5.74, 6) is 0.572.